The molecule has 0 aliphatic rings. The summed E-state index contributed by atoms with van der Waals surface area (Å²) in [7, 11) is 1.69. The van der Waals surface area contributed by atoms with Crippen LogP contribution < -0.4 is 0 Å². The Morgan fingerprint density at radius 1 is 1.22 bits per heavy atom. The Bertz CT molecular complexity index is 811. The third-order valence-corrected chi connectivity index (χ3v) is 4.07. The Morgan fingerprint density at radius 2 is 2.00 bits per heavy atom. The van der Waals surface area contributed by atoms with Gasteiger partial charge in [-0.05, 0) is 31.2 Å². The lowest BCUT2D eigenvalue weighted by atomic mass is 10.2. The maximum absolute atomic E-state index is 12.6. The Morgan fingerprint density at radius 3 is 2.70 bits per heavy atom. The van der Waals surface area contributed by atoms with E-state index in [1.165, 1.54) is 6.26 Å². The molecular formula is C17H15ClN2O3. The summed E-state index contributed by atoms with van der Waals surface area (Å²) in [5.74, 6) is 0.568. The van der Waals surface area contributed by atoms with E-state index < -0.39 is 0 Å². The van der Waals surface area contributed by atoms with E-state index >= 15 is 0 Å². The largest absolute Gasteiger partial charge is 0.451 e. The number of carbonyl (C=O) groups excluding carboxylic acids is 1. The van der Waals surface area contributed by atoms with E-state index in [2.05, 4.69) is 5.16 Å². The van der Waals surface area contributed by atoms with E-state index in [0.717, 1.165) is 5.56 Å². The maximum atomic E-state index is 12.6. The van der Waals surface area contributed by atoms with Crippen LogP contribution in [0.15, 0.2) is 57.7 Å². The molecule has 0 aliphatic heterocycles. The highest BCUT2D eigenvalue weighted by molar-refractivity contribution is 6.33. The molecule has 0 spiro atoms. The van der Waals surface area contributed by atoms with Crippen LogP contribution in [0.25, 0.3) is 11.3 Å². The van der Waals surface area contributed by atoms with Gasteiger partial charge in [0.2, 0.25) is 0 Å². The fourth-order valence-electron chi connectivity index (χ4n) is 2.24. The van der Waals surface area contributed by atoms with Gasteiger partial charge >= 0.3 is 0 Å². The molecule has 0 unspecified atom stereocenters. The normalized spacial score (nSPS) is 12.1. The number of halogens is 1. The van der Waals surface area contributed by atoms with Gasteiger partial charge in [0, 0.05) is 18.7 Å². The second-order valence-corrected chi connectivity index (χ2v) is 5.57. The van der Waals surface area contributed by atoms with E-state index in [1.807, 2.05) is 25.1 Å². The minimum atomic E-state index is -0.237. The molecule has 1 atom stereocenters. The predicted molar refractivity (Wildman–Crippen MR) is 86.2 cm³/mol. The van der Waals surface area contributed by atoms with Crippen LogP contribution in [0.2, 0.25) is 5.02 Å². The molecule has 0 fully saturated rings. The fourth-order valence-corrected chi connectivity index (χ4v) is 2.47. The summed E-state index contributed by atoms with van der Waals surface area (Å²) in [4.78, 5) is 14.1. The highest BCUT2D eigenvalue weighted by Gasteiger charge is 2.23. The van der Waals surface area contributed by atoms with Crippen molar-refractivity contribution in [3.8, 4) is 11.3 Å². The second-order valence-electron chi connectivity index (χ2n) is 5.16. The van der Waals surface area contributed by atoms with Gasteiger partial charge < -0.3 is 13.8 Å². The second kappa shape index (κ2) is 6.30. The number of hydrogen-bond donors (Lipinski definition) is 0. The third kappa shape index (κ3) is 3.00. The van der Waals surface area contributed by atoms with Crippen LogP contribution in [0.5, 0.6) is 0 Å². The molecule has 0 N–H and O–H groups in total. The molecule has 118 valence electrons. The van der Waals surface area contributed by atoms with Gasteiger partial charge in [0.25, 0.3) is 5.91 Å². The lowest BCUT2D eigenvalue weighted by Gasteiger charge is -2.21. The molecule has 0 bridgehead atoms. The Hall–Kier alpha value is -2.53. The third-order valence-electron chi connectivity index (χ3n) is 3.74. The Kier molecular flexibility index (Phi) is 4.21. The molecule has 0 saturated heterocycles. The number of furan rings is 1. The van der Waals surface area contributed by atoms with Crippen LogP contribution in [-0.4, -0.2) is 23.0 Å². The smallest absolute Gasteiger partial charge is 0.289 e. The lowest BCUT2D eigenvalue weighted by Crippen LogP contribution is -2.29. The van der Waals surface area contributed by atoms with Gasteiger partial charge in [-0.25, -0.2) is 0 Å². The summed E-state index contributed by atoms with van der Waals surface area (Å²) in [6, 6.07) is 12.2. The van der Waals surface area contributed by atoms with E-state index in [0.29, 0.717) is 16.5 Å². The highest BCUT2D eigenvalue weighted by atomic mass is 35.5. The van der Waals surface area contributed by atoms with Gasteiger partial charge in [-0.3, -0.25) is 4.79 Å². The highest BCUT2D eigenvalue weighted by Crippen LogP contribution is 2.30. The summed E-state index contributed by atoms with van der Waals surface area (Å²) in [5.41, 5.74) is 1.43. The quantitative estimate of drug-likeness (QED) is 0.710. The van der Waals surface area contributed by atoms with Crippen molar-refractivity contribution in [3.63, 3.8) is 0 Å². The molecule has 0 aliphatic carbocycles. The van der Waals surface area contributed by atoms with Crippen LogP contribution in [-0.2, 0) is 0 Å². The van der Waals surface area contributed by atoms with Crippen molar-refractivity contribution in [2.24, 2.45) is 0 Å². The van der Waals surface area contributed by atoms with Crippen LogP contribution in [0.1, 0.15) is 29.2 Å². The number of benzene rings is 1. The first-order valence-corrected chi connectivity index (χ1v) is 7.48. The van der Waals surface area contributed by atoms with Crippen molar-refractivity contribution in [1.82, 2.24) is 10.1 Å². The SMILES string of the molecule is C[C@H](c1ccon1)N(C)C(=O)c1ccc(-c2ccccc2Cl)o1. The van der Waals surface area contributed by atoms with E-state index in [1.54, 1.807) is 36.2 Å². The molecule has 0 saturated carbocycles. The maximum Gasteiger partial charge on any atom is 0.289 e. The number of hydrogen-bond acceptors (Lipinski definition) is 4. The molecule has 2 aromatic heterocycles. The minimum Gasteiger partial charge on any atom is -0.451 e. The van der Waals surface area contributed by atoms with Gasteiger partial charge in [-0.15, -0.1) is 0 Å². The summed E-state index contributed by atoms with van der Waals surface area (Å²) < 4.78 is 10.5. The van der Waals surface area contributed by atoms with Crippen LogP contribution >= 0.6 is 11.6 Å². The average Bonchev–Trinajstić information content (AvgIpc) is 3.24. The number of rotatable bonds is 4. The summed E-state index contributed by atoms with van der Waals surface area (Å²) >= 11 is 6.15. The molecule has 3 aromatic rings. The van der Waals surface area contributed by atoms with E-state index in [-0.39, 0.29) is 17.7 Å². The molecule has 5 nitrogen and oxygen atoms in total. The van der Waals surface area contributed by atoms with Gasteiger partial charge in [-0.1, -0.05) is 28.9 Å². The van der Waals surface area contributed by atoms with Crippen molar-refractivity contribution in [2.75, 3.05) is 7.05 Å². The Labute approximate surface area is 138 Å². The van der Waals surface area contributed by atoms with Crippen LogP contribution in [0.4, 0.5) is 0 Å². The molecule has 23 heavy (non-hydrogen) atoms. The monoisotopic (exact) mass is 330 g/mol. The first kappa shape index (κ1) is 15.4. The zero-order chi connectivity index (χ0) is 16.4. The average molecular weight is 331 g/mol. The number of amides is 1. The molecular weight excluding hydrogens is 316 g/mol. The van der Waals surface area contributed by atoms with Crippen molar-refractivity contribution in [3.05, 3.63) is 65.2 Å². The number of aromatic nitrogens is 1. The van der Waals surface area contributed by atoms with Crippen LogP contribution in [0, 0.1) is 0 Å². The van der Waals surface area contributed by atoms with Gasteiger partial charge in [0.15, 0.2) is 5.76 Å². The zero-order valence-electron chi connectivity index (χ0n) is 12.7. The molecule has 6 heteroatoms. The summed E-state index contributed by atoms with van der Waals surface area (Å²) in [6.45, 7) is 1.87. The molecule has 1 amide bonds. The first-order valence-electron chi connectivity index (χ1n) is 7.10. The van der Waals surface area contributed by atoms with E-state index in [9.17, 15) is 4.79 Å². The number of nitrogens with zero attached hydrogens (tertiary/aromatic N) is 2. The fraction of sp³-hybridized carbons (Fsp3) is 0.176. The van der Waals surface area contributed by atoms with Crippen LogP contribution in [0.3, 0.4) is 0 Å². The van der Waals surface area contributed by atoms with Gasteiger partial charge in [0.05, 0.1) is 11.1 Å². The summed E-state index contributed by atoms with van der Waals surface area (Å²) in [6.07, 6.45) is 1.48. The summed E-state index contributed by atoms with van der Waals surface area (Å²) in [5, 5.41) is 4.43. The lowest BCUT2D eigenvalue weighted by molar-refractivity contribution is 0.0706. The minimum absolute atomic E-state index is 0.227. The van der Waals surface area contributed by atoms with E-state index in [4.69, 9.17) is 20.5 Å². The van der Waals surface area contributed by atoms with Gasteiger partial charge in [-0.2, -0.15) is 0 Å². The van der Waals surface area contributed by atoms with Crippen molar-refractivity contribution in [2.45, 2.75) is 13.0 Å². The zero-order valence-corrected chi connectivity index (χ0v) is 13.4. The topological polar surface area (TPSA) is 59.5 Å². The number of carbonyl (C=O) groups is 1. The molecule has 3 rings (SSSR count). The van der Waals surface area contributed by atoms with Crippen molar-refractivity contribution >= 4 is 17.5 Å². The first-order chi connectivity index (χ1) is 11.1. The van der Waals surface area contributed by atoms with Crippen molar-refractivity contribution < 1.29 is 13.7 Å². The molecule has 0 radical (unpaired) electrons. The standard InChI is InChI=1S/C17H15ClN2O3/c1-11(14-9-10-22-19-14)20(2)17(21)16-8-7-15(23-16)12-5-3-4-6-13(12)18/h3-11H,1-2H3/t11-/m1/s1. The van der Waals surface area contributed by atoms with Gasteiger partial charge in [0.1, 0.15) is 17.7 Å². The predicted octanol–water partition coefficient (Wildman–Crippen LogP) is 4.42. The van der Waals surface area contributed by atoms with Crippen molar-refractivity contribution in [1.29, 1.82) is 0 Å². The molecule has 2 heterocycles. The Balaban J connectivity index is 1.83. The molecule has 1 aromatic carbocycles.